The maximum atomic E-state index is 2.51. The molecule has 57 heavy (non-hydrogen) atoms. The molecule has 0 amide bonds. The second kappa shape index (κ2) is 12.8. The Morgan fingerprint density at radius 3 is 1.63 bits per heavy atom. The van der Waals surface area contributed by atoms with E-state index in [4.69, 9.17) is 0 Å². The van der Waals surface area contributed by atoms with Crippen molar-refractivity contribution in [3.8, 4) is 33.4 Å². The van der Waals surface area contributed by atoms with Crippen molar-refractivity contribution >= 4 is 27.8 Å². The minimum atomic E-state index is -0.496. The van der Waals surface area contributed by atoms with E-state index >= 15 is 0 Å². The van der Waals surface area contributed by atoms with Crippen LogP contribution in [0.15, 0.2) is 212 Å². The van der Waals surface area contributed by atoms with E-state index in [0.717, 1.165) is 11.4 Å². The number of benzene rings is 9. The third kappa shape index (κ3) is 4.82. The van der Waals surface area contributed by atoms with E-state index in [-0.39, 0.29) is 5.41 Å². The largest absolute Gasteiger partial charge is 0.310 e. The molecular formula is C56H41N. The molecule has 0 bridgehead atoms. The van der Waals surface area contributed by atoms with Gasteiger partial charge in [-0.3, -0.25) is 0 Å². The maximum absolute atomic E-state index is 2.51. The molecule has 1 heteroatoms. The van der Waals surface area contributed by atoms with Crippen LogP contribution in [0.25, 0.3) is 44.2 Å². The first kappa shape index (κ1) is 33.4. The Hall–Kier alpha value is -6.96. The Balaban J connectivity index is 1.21. The van der Waals surface area contributed by atoms with Crippen LogP contribution in [0, 0.1) is 0 Å². The summed E-state index contributed by atoms with van der Waals surface area (Å²) in [6.07, 6.45) is 0. The van der Waals surface area contributed by atoms with Crippen LogP contribution in [0.1, 0.15) is 47.2 Å². The van der Waals surface area contributed by atoms with Crippen LogP contribution in [0.2, 0.25) is 0 Å². The number of anilines is 3. The molecule has 0 aromatic heterocycles. The van der Waals surface area contributed by atoms with Gasteiger partial charge in [0, 0.05) is 22.4 Å². The van der Waals surface area contributed by atoms with Gasteiger partial charge in [0.1, 0.15) is 0 Å². The predicted octanol–water partition coefficient (Wildman–Crippen LogP) is 14.6. The summed E-state index contributed by atoms with van der Waals surface area (Å²) in [6.45, 7) is 4.81. The fraction of sp³-hybridized carbons (Fsp3) is 0.0714. The topological polar surface area (TPSA) is 3.24 Å². The molecule has 9 aromatic rings. The normalized spacial score (nSPS) is 14.1. The summed E-state index contributed by atoms with van der Waals surface area (Å²) in [7, 11) is 0. The van der Waals surface area contributed by atoms with Crippen molar-refractivity contribution in [2.24, 2.45) is 0 Å². The number of hydrogen-bond donors (Lipinski definition) is 0. The van der Waals surface area contributed by atoms with Gasteiger partial charge in [0.25, 0.3) is 0 Å². The quantitative estimate of drug-likeness (QED) is 0.165. The van der Waals surface area contributed by atoms with Gasteiger partial charge in [-0.15, -0.1) is 0 Å². The summed E-state index contributed by atoms with van der Waals surface area (Å²) in [5, 5.41) is 2.61. The second-order valence-corrected chi connectivity index (χ2v) is 16.0. The Morgan fingerprint density at radius 2 is 0.930 bits per heavy atom. The van der Waals surface area contributed by atoms with E-state index < -0.39 is 5.41 Å². The molecule has 2 aliphatic carbocycles. The summed E-state index contributed by atoms with van der Waals surface area (Å²) in [5.41, 5.74) is 18.3. The SMILES string of the molecule is CC1(C)c2cccc(N(c3ccccc3)c3ccc4c(c3)C(c3ccccc3)(c3ccccc3)c3ccccc3-4)c2-c2cc(-c3ccccc3)c3ccccc3c21. The number of nitrogens with zero attached hydrogens (tertiary/aromatic N) is 1. The van der Waals surface area contributed by atoms with Crippen LogP contribution in [0.3, 0.4) is 0 Å². The number of rotatable bonds is 6. The third-order valence-corrected chi connectivity index (χ3v) is 12.7. The molecule has 0 radical (unpaired) electrons. The van der Waals surface area contributed by atoms with Gasteiger partial charge in [-0.2, -0.15) is 0 Å². The Labute approximate surface area is 335 Å². The summed E-state index contributed by atoms with van der Waals surface area (Å²) in [4.78, 5) is 2.51. The zero-order valence-corrected chi connectivity index (χ0v) is 32.2. The molecule has 0 spiro atoms. The summed E-state index contributed by atoms with van der Waals surface area (Å²) < 4.78 is 0. The number of fused-ring (bicyclic) bond motifs is 8. The van der Waals surface area contributed by atoms with Crippen LogP contribution in [0.4, 0.5) is 17.1 Å². The van der Waals surface area contributed by atoms with Crippen molar-refractivity contribution in [3.05, 3.63) is 246 Å². The van der Waals surface area contributed by atoms with Crippen molar-refractivity contribution < 1.29 is 0 Å². The van der Waals surface area contributed by atoms with Crippen molar-refractivity contribution in [1.29, 1.82) is 0 Å². The minimum Gasteiger partial charge on any atom is -0.310 e. The summed E-state index contributed by atoms with van der Waals surface area (Å²) >= 11 is 0. The highest BCUT2D eigenvalue weighted by Crippen LogP contribution is 2.60. The van der Waals surface area contributed by atoms with Gasteiger partial charge in [0.2, 0.25) is 0 Å². The molecular weight excluding hydrogens is 687 g/mol. The summed E-state index contributed by atoms with van der Waals surface area (Å²) in [6, 6.07) is 78.6. The summed E-state index contributed by atoms with van der Waals surface area (Å²) in [5.74, 6) is 0. The first-order valence-electron chi connectivity index (χ1n) is 20.0. The van der Waals surface area contributed by atoms with Gasteiger partial charge < -0.3 is 4.90 Å². The highest BCUT2D eigenvalue weighted by molar-refractivity contribution is 6.08. The molecule has 0 heterocycles. The molecule has 11 rings (SSSR count). The Morgan fingerprint density at radius 1 is 0.368 bits per heavy atom. The fourth-order valence-corrected chi connectivity index (χ4v) is 10.3. The average Bonchev–Trinajstić information content (AvgIpc) is 3.70. The van der Waals surface area contributed by atoms with Gasteiger partial charge >= 0.3 is 0 Å². The van der Waals surface area contributed by atoms with Crippen LogP contribution in [0.5, 0.6) is 0 Å². The van der Waals surface area contributed by atoms with Crippen LogP contribution in [-0.4, -0.2) is 0 Å². The second-order valence-electron chi connectivity index (χ2n) is 16.0. The first-order chi connectivity index (χ1) is 28.1. The van der Waals surface area contributed by atoms with Crippen molar-refractivity contribution in [1.82, 2.24) is 0 Å². The van der Waals surface area contributed by atoms with Crippen molar-refractivity contribution in [3.63, 3.8) is 0 Å². The predicted molar refractivity (Wildman–Crippen MR) is 239 cm³/mol. The monoisotopic (exact) mass is 727 g/mol. The van der Waals surface area contributed by atoms with E-state index in [2.05, 4.69) is 231 Å². The molecule has 0 aliphatic heterocycles. The van der Waals surface area contributed by atoms with Gasteiger partial charge in [-0.25, -0.2) is 0 Å². The molecule has 0 saturated heterocycles. The van der Waals surface area contributed by atoms with E-state index in [0.29, 0.717) is 0 Å². The van der Waals surface area contributed by atoms with Gasteiger partial charge in [-0.1, -0.05) is 190 Å². The van der Waals surface area contributed by atoms with Gasteiger partial charge in [0.15, 0.2) is 0 Å². The number of hydrogen-bond acceptors (Lipinski definition) is 1. The smallest absolute Gasteiger partial charge is 0.0714 e. The van der Waals surface area contributed by atoms with E-state index in [1.165, 1.54) is 83.2 Å². The number of para-hydroxylation sites is 1. The van der Waals surface area contributed by atoms with E-state index in [1.807, 2.05) is 0 Å². The minimum absolute atomic E-state index is 0.215. The molecule has 0 atom stereocenters. The highest BCUT2D eigenvalue weighted by atomic mass is 15.1. The van der Waals surface area contributed by atoms with Crippen LogP contribution < -0.4 is 4.90 Å². The molecule has 1 nitrogen and oxygen atoms in total. The lowest BCUT2D eigenvalue weighted by Gasteiger charge is -2.35. The Bertz CT molecular complexity index is 2920. The molecule has 9 aromatic carbocycles. The van der Waals surface area contributed by atoms with E-state index in [9.17, 15) is 0 Å². The molecule has 0 N–H and O–H groups in total. The standard InChI is InChI=1S/C56H41N/c1-55(2)50-32-19-33-52(53(50)48-37-47(38-20-7-3-8-21-38)43-28-15-16-30-46(43)54(48)55)57(41-26-13-6-14-27-41)42-34-35-45-44-29-17-18-31-49(44)56(51(45)36-42,39-22-9-4-10-23-39)40-24-11-5-12-25-40/h3-37H,1-2H3. The van der Waals surface area contributed by atoms with Gasteiger partial charge in [-0.05, 0) is 108 Å². The highest BCUT2D eigenvalue weighted by Gasteiger charge is 2.46. The van der Waals surface area contributed by atoms with Crippen LogP contribution >= 0.6 is 0 Å². The van der Waals surface area contributed by atoms with Gasteiger partial charge in [0.05, 0.1) is 11.1 Å². The molecule has 0 saturated carbocycles. The fourth-order valence-electron chi connectivity index (χ4n) is 10.3. The lowest BCUT2D eigenvalue weighted by atomic mass is 9.67. The van der Waals surface area contributed by atoms with Crippen molar-refractivity contribution in [2.45, 2.75) is 24.7 Å². The lowest BCUT2D eigenvalue weighted by Crippen LogP contribution is -2.28. The average molecular weight is 728 g/mol. The molecule has 0 unspecified atom stereocenters. The van der Waals surface area contributed by atoms with Crippen LogP contribution in [-0.2, 0) is 10.8 Å². The molecule has 270 valence electrons. The zero-order valence-electron chi connectivity index (χ0n) is 32.2. The zero-order chi connectivity index (χ0) is 38.1. The van der Waals surface area contributed by atoms with E-state index in [1.54, 1.807) is 0 Å². The van der Waals surface area contributed by atoms with Crippen molar-refractivity contribution in [2.75, 3.05) is 4.90 Å². The third-order valence-electron chi connectivity index (χ3n) is 12.7. The molecule has 2 aliphatic rings. The maximum Gasteiger partial charge on any atom is 0.0714 e. The molecule has 0 fully saturated rings. The lowest BCUT2D eigenvalue weighted by molar-refractivity contribution is 0.666. The first-order valence-corrected chi connectivity index (χ1v) is 20.0. The Kier molecular flexibility index (Phi) is 7.50.